The maximum atomic E-state index is 11.4. The highest BCUT2D eigenvalue weighted by Crippen LogP contribution is 2.28. The summed E-state index contributed by atoms with van der Waals surface area (Å²) < 4.78 is 1.07. The van der Waals surface area contributed by atoms with Gasteiger partial charge in [-0.05, 0) is 17.7 Å². The first-order chi connectivity index (χ1) is 7.51. The third kappa shape index (κ3) is 2.07. The number of likely N-dealkylation sites (N-methyl/N-ethyl adjacent to an activating group) is 1. The van der Waals surface area contributed by atoms with E-state index in [-0.39, 0.29) is 11.4 Å². The molecule has 1 heterocycles. The molecule has 0 aliphatic carbocycles. The lowest BCUT2D eigenvalue weighted by Crippen LogP contribution is -2.56. The van der Waals surface area contributed by atoms with E-state index < -0.39 is 0 Å². The fraction of sp³-hybridized carbons (Fsp3) is 0.417. The zero-order valence-electron chi connectivity index (χ0n) is 9.46. The van der Waals surface area contributed by atoms with Crippen LogP contribution >= 0.6 is 15.9 Å². The molecule has 16 heavy (non-hydrogen) atoms. The molecule has 1 aromatic rings. The van der Waals surface area contributed by atoms with E-state index >= 15 is 0 Å². The first-order valence-electron chi connectivity index (χ1n) is 5.26. The Morgan fingerprint density at radius 3 is 2.88 bits per heavy atom. The predicted molar refractivity (Wildman–Crippen MR) is 67.5 cm³/mol. The van der Waals surface area contributed by atoms with Crippen LogP contribution < -0.4 is 5.32 Å². The number of carbonyl (C=O) groups is 1. The molecule has 2 rings (SSSR count). The number of nitrogens with zero attached hydrogens (tertiary/aromatic N) is 1. The van der Waals surface area contributed by atoms with E-state index in [1.807, 2.05) is 19.2 Å². The second-order valence-electron chi connectivity index (χ2n) is 4.59. The van der Waals surface area contributed by atoms with E-state index in [1.54, 1.807) is 4.90 Å². The van der Waals surface area contributed by atoms with E-state index in [2.05, 4.69) is 40.3 Å². The quantitative estimate of drug-likeness (QED) is 0.843. The largest absolute Gasteiger partial charge is 0.337 e. The predicted octanol–water partition coefficient (Wildman–Crippen LogP) is 2.36. The van der Waals surface area contributed by atoms with Crippen LogP contribution in [0.3, 0.4) is 0 Å². The molecule has 0 bridgehead atoms. The van der Waals surface area contributed by atoms with Crippen LogP contribution in [-0.2, 0) is 5.41 Å². The van der Waals surface area contributed by atoms with Crippen molar-refractivity contribution in [2.75, 3.05) is 20.1 Å². The van der Waals surface area contributed by atoms with E-state index in [1.165, 1.54) is 5.56 Å². The standard InChI is InChI=1S/C12H15BrN2O/c1-12(7-14-11(16)15(2)8-12)9-4-3-5-10(13)6-9/h3-6H,7-8H2,1-2H3,(H,14,16). The van der Waals surface area contributed by atoms with Gasteiger partial charge in [-0.1, -0.05) is 35.0 Å². The highest BCUT2D eigenvalue weighted by Gasteiger charge is 2.34. The smallest absolute Gasteiger partial charge is 0.317 e. The van der Waals surface area contributed by atoms with Crippen LogP contribution in [0.5, 0.6) is 0 Å². The molecular formula is C12H15BrN2O. The van der Waals surface area contributed by atoms with Gasteiger partial charge >= 0.3 is 6.03 Å². The number of hydrogen-bond acceptors (Lipinski definition) is 1. The summed E-state index contributed by atoms with van der Waals surface area (Å²) in [5.74, 6) is 0. The maximum Gasteiger partial charge on any atom is 0.317 e. The van der Waals surface area contributed by atoms with Crippen molar-refractivity contribution < 1.29 is 4.79 Å². The van der Waals surface area contributed by atoms with Crippen LogP contribution in [0.4, 0.5) is 4.79 Å². The molecular weight excluding hydrogens is 268 g/mol. The van der Waals surface area contributed by atoms with Gasteiger partial charge in [-0.25, -0.2) is 4.79 Å². The number of benzene rings is 1. The van der Waals surface area contributed by atoms with E-state index in [0.717, 1.165) is 11.0 Å². The molecule has 0 aromatic heterocycles. The number of carbonyl (C=O) groups excluding carboxylic acids is 1. The van der Waals surface area contributed by atoms with E-state index in [0.29, 0.717) is 6.54 Å². The second-order valence-corrected chi connectivity index (χ2v) is 5.50. The topological polar surface area (TPSA) is 32.3 Å². The molecule has 1 aromatic carbocycles. The van der Waals surface area contributed by atoms with Crippen molar-refractivity contribution in [2.45, 2.75) is 12.3 Å². The van der Waals surface area contributed by atoms with Gasteiger partial charge in [0.05, 0.1) is 0 Å². The van der Waals surface area contributed by atoms with Crippen LogP contribution in [0.25, 0.3) is 0 Å². The summed E-state index contributed by atoms with van der Waals surface area (Å²) in [5, 5.41) is 2.91. The molecule has 2 amide bonds. The molecule has 86 valence electrons. The van der Waals surface area contributed by atoms with Crippen molar-refractivity contribution in [1.29, 1.82) is 0 Å². The first kappa shape index (κ1) is 11.5. The number of amides is 2. The molecule has 4 heteroatoms. The second kappa shape index (κ2) is 4.09. The Labute approximate surface area is 104 Å². The van der Waals surface area contributed by atoms with E-state index in [9.17, 15) is 4.79 Å². The number of urea groups is 1. The van der Waals surface area contributed by atoms with Crippen molar-refractivity contribution in [3.05, 3.63) is 34.3 Å². The van der Waals surface area contributed by atoms with Crippen LogP contribution in [0, 0.1) is 0 Å². The fourth-order valence-electron chi connectivity index (χ4n) is 2.11. The highest BCUT2D eigenvalue weighted by molar-refractivity contribution is 9.10. The Bertz CT molecular complexity index is 421. The molecule has 0 spiro atoms. The van der Waals surface area contributed by atoms with Gasteiger partial charge in [-0.15, -0.1) is 0 Å². The van der Waals surface area contributed by atoms with Crippen molar-refractivity contribution in [3.8, 4) is 0 Å². The molecule has 0 saturated carbocycles. The van der Waals surface area contributed by atoms with Gasteiger partial charge < -0.3 is 10.2 Å². The lowest BCUT2D eigenvalue weighted by Gasteiger charge is -2.39. The minimum atomic E-state index is -0.0214. The van der Waals surface area contributed by atoms with Crippen LogP contribution in [0.1, 0.15) is 12.5 Å². The molecule has 1 saturated heterocycles. The Kier molecular flexibility index (Phi) is 2.93. The minimum Gasteiger partial charge on any atom is -0.337 e. The van der Waals surface area contributed by atoms with Crippen LogP contribution in [0.2, 0.25) is 0 Å². The SMILES string of the molecule is CN1CC(C)(c2cccc(Br)c2)CNC1=O. The zero-order valence-corrected chi connectivity index (χ0v) is 11.0. The van der Waals surface area contributed by atoms with Crippen molar-refractivity contribution in [1.82, 2.24) is 10.2 Å². The summed E-state index contributed by atoms with van der Waals surface area (Å²) in [6, 6.07) is 8.27. The van der Waals surface area contributed by atoms with Crippen molar-refractivity contribution >= 4 is 22.0 Å². The van der Waals surface area contributed by atoms with Crippen LogP contribution in [0.15, 0.2) is 28.7 Å². The van der Waals surface area contributed by atoms with Gasteiger partial charge in [-0.2, -0.15) is 0 Å². The molecule has 1 fully saturated rings. The lowest BCUT2D eigenvalue weighted by molar-refractivity contribution is 0.174. The molecule has 1 N–H and O–H groups in total. The lowest BCUT2D eigenvalue weighted by atomic mass is 9.81. The summed E-state index contributed by atoms with van der Waals surface area (Å²) in [4.78, 5) is 13.1. The first-order valence-corrected chi connectivity index (χ1v) is 6.06. The van der Waals surface area contributed by atoms with Gasteiger partial charge in [0.2, 0.25) is 0 Å². The summed E-state index contributed by atoms with van der Waals surface area (Å²) in [6.07, 6.45) is 0. The minimum absolute atomic E-state index is 0.00692. The molecule has 0 radical (unpaired) electrons. The summed E-state index contributed by atoms with van der Waals surface area (Å²) in [7, 11) is 1.82. The molecule has 1 aliphatic rings. The van der Waals surface area contributed by atoms with Crippen molar-refractivity contribution in [2.24, 2.45) is 0 Å². The zero-order chi connectivity index (χ0) is 11.8. The summed E-state index contributed by atoms with van der Waals surface area (Å²) in [6.45, 7) is 3.60. The van der Waals surface area contributed by atoms with Crippen molar-refractivity contribution in [3.63, 3.8) is 0 Å². The average Bonchev–Trinajstić information content (AvgIpc) is 2.24. The molecule has 1 aliphatic heterocycles. The van der Waals surface area contributed by atoms with Gasteiger partial charge in [0.15, 0.2) is 0 Å². The summed E-state index contributed by atoms with van der Waals surface area (Å²) >= 11 is 3.48. The van der Waals surface area contributed by atoms with Gasteiger partial charge in [0.1, 0.15) is 0 Å². The molecule has 3 nitrogen and oxygen atoms in total. The molecule has 1 atom stereocenters. The monoisotopic (exact) mass is 282 g/mol. The van der Waals surface area contributed by atoms with E-state index in [4.69, 9.17) is 0 Å². The Morgan fingerprint density at radius 2 is 2.25 bits per heavy atom. The summed E-state index contributed by atoms with van der Waals surface area (Å²) in [5.41, 5.74) is 1.22. The number of halogens is 1. The van der Waals surface area contributed by atoms with Crippen LogP contribution in [-0.4, -0.2) is 31.1 Å². The third-order valence-corrected chi connectivity index (χ3v) is 3.58. The Morgan fingerprint density at radius 1 is 1.50 bits per heavy atom. The number of nitrogens with one attached hydrogen (secondary N) is 1. The fourth-order valence-corrected chi connectivity index (χ4v) is 2.51. The Balaban J connectivity index is 2.29. The van der Waals surface area contributed by atoms with Gasteiger partial charge in [0.25, 0.3) is 0 Å². The Hall–Kier alpha value is -1.03. The number of hydrogen-bond donors (Lipinski definition) is 1. The molecule has 1 unspecified atom stereocenters. The number of rotatable bonds is 1. The normalized spacial score (nSPS) is 25.4. The highest BCUT2D eigenvalue weighted by atomic mass is 79.9. The van der Waals surface area contributed by atoms with Gasteiger partial charge in [0, 0.05) is 30.0 Å². The third-order valence-electron chi connectivity index (χ3n) is 3.08. The van der Waals surface area contributed by atoms with Gasteiger partial charge in [-0.3, -0.25) is 0 Å². The average molecular weight is 283 g/mol. The maximum absolute atomic E-state index is 11.4.